The lowest BCUT2D eigenvalue weighted by Gasteiger charge is -2.21. The Morgan fingerprint density at radius 3 is 2.88 bits per heavy atom. The average molecular weight is 238 g/mol. The van der Waals surface area contributed by atoms with Crippen LogP contribution in [0.1, 0.15) is 27.2 Å². The smallest absolute Gasteiger partial charge is 0.224 e. The summed E-state index contributed by atoms with van der Waals surface area (Å²) in [4.78, 5) is 10.1. The second-order valence-corrected chi connectivity index (χ2v) is 5.23. The number of aromatic nitrogens is 2. The van der Waals surface area contributed by atoms with Gasteiger partial charge < -0.3 is 10.2 Å². The molecule has 5 heteroatoms. The lowest BCUT2D eigenvalue weighted by molar-refractivity contribution is 0.418. The standard InChI is InChI=1S/C12H19FN4/c1-4-14-11-15-7-9(13)10(16-11)17-6-5-12(2,3)8-17/h7H,4-6,8H2,1-3H3,(H,14,15,16). The van der Waals surface area contributed by atoms with E-state index in [-0.39, 0.29) is 11.2 Å². The summed E-state index contributed by atoms with van der Waals surface area (Å²) in [7, 11) is 0. The zero-order valence-corrected chi connectivity index (χ0v) is 10.6. The Balaban J connectivity index is 2.22. The number of hydrogen-bond acceptors (Lipinski definition) is 4. The maximum absolute atomic E-state index is 13.7. The second kappa shape index (κ2) is 4.47. The van der Waals surface area contributed by atoms with Gasteiger partial charge >= 0.3 is 0 Å². The van der Waals surface area contributed by atoms with Crippen molar-refractivity contribution in [2.75, 3.05) is 29.9 Å². The normalized spacial score (nSPS) is 18.5. The van der Waals surface area contributed by atoms with Crippen LogP contribution < -0.4 is 10.2 Å². The summed E-state index contributed by atoms with van der Waals surface area (Å²) in [6.45, 7) is 8.77. The first kappa shape index (κ1) is 12.1. The topological polar surface area (TPSA) is 41.1 Å². The minimum absolute atomic E-state index is 0.232. The number of nitrogens with zero attached hydrogens (tertiary/aromatic N) is 3. The van der Waals surface area contributed by atoms with Crippen molar-refractivity contribution in [3.63, 3.8) is 0 Å². The van der Waals surface area contributed by atoms with E-state index in [4.69, 9.17) is 0 Å². The third kappa shape index (κ3) is 2.65. The molecule has 17 heavy (non-hydrogen) atoms. The molecule has 1 aromatic heterocycles. The van der Waals surface area contributed by atoms with Gasteiger partial charge in [0.2, 0.25) is 5.95 Å². The first-order valence-electron chi connectivity index (χ1n) is 6.03. The first-order chi connectivity index (χ1) is 8.02. The van der Waals surface area contributed by atoms with Crippen molar-refractivity contribution >= 4 is 11.8 Å². The molecule has 1 fully saturated rings. The molecule has 0 spiro atoms. The van der Waals surface area contributed by atoms with Crippen molar-refractivity contribution in [3.05, 3.63) is 12.0 Å². The Kier molecular flexibility index (Phi) is 3.17. The van der Waals surface area contributed by atoms with Crippen molar-refractivity contribution < 1.29 is 4.39 Å². The van der Waals surface area contributed by atoms with Crippen molar-refractivity contribution in [3.8, 4) is 0 Å². The van der Waals surface area contributed by atoms with Gasteiger partial charge in [-0.25, -0.2) is 9.37 Å². The molecule has 1 aliphatic heterocycles. The van der Waals surface area contributed by atoms with Crippen LogP contribution in [0.2, 0.25) is 0 Å². The Morgan fingerprint density at radius 1 is 1.53 bits per heavy atom. The second-order valence-electron chi connectivity index (χ2n) is 5.23. The fourth-order valence-electron chi connectivity index (χ4n) is 2.12. The van der Waals surface area contributed by atoms with Gasteiger partial charge in [0.1, 0.15) is 0 Å². The van der Waals surface area contributed by atoms with E-state index in [9.17, 15) is 4.39 Å². The summed E-state index contributed by atoms with van der Waals surface area (Å²) < 4.78 is 13.7. The van der Waals surface area contributed by atoms with Crippen LogP contribution in [0, 0.1) is 11.2 Å². The van der Waals surface area contributed by atoms with E-state index in [1.54, 1.807) is 0 Å². The van der Waals surface area contributed by atoms with Crippen LogP contribution >= 0.6 is 0 Å². The molecule has 0 bridgehead atoms. The third-order valence-corrected chi connectivity index (χ3v) is 3.04. The Morgan fingerprint density at radius 2 is 2.29 bits per heavy atom. The Labute approximate surface area is 101 Å². The molecule has 0 amide bonds. The van der Waals surface area contributed by atoms with E-state index >= 15 is 0 Å². The van der Waals surface area contributed by atoms with Crippen LogP contribution in [-0.4, -0.2) is 29.6 Å². The average Bonchev–Trinajstić information content (AvgIpc) is 2.62. The van der Waals surface area contributed by atoms with Crippen molar-refractivity contribution in [1.29, 1.82) is 0 Å². The minimum Gasteiger partial charge on any atom is -0.354 e. The van der Waals surface area contributed by atoms with Crippen molar-refractivity contribution in [1.82, 2.24) is 9.97 Å². The highest BCUT2D eigenvalue weighted by molar-refractivity contribution is 5.45. The van der Waals surface area contributed by atoms with Gasteiger partial charge in [-0.2, -0.15) is 4.98 Å². The molecule has 4 nitrogen and oxygen atoms in total. The van der Waals surface area contributed by atoms with E-state index in [0.29, 0.717) is 11.8 Å². The lowest BCUT2D eigenvalue weighted by atomic mass is 9.93. The van der Waals surface area contributed by atoms with Crippen LogP contribution in [0.3, 0.4) is 0 Å². The molecule has 0 aromatic carbocycles. The molecule has 1 aliphatic rings. The summed E-state index contributed by atoms with van der Waals surface area (Å²) in [5, 5.41) is 3.00. The van der Waals surface area contributed by atoms with Crippen LogP contribution in [0.15, 0.2) is 6.20 Å². The Bertz CT molecular complexity index is 405. The summed E-state index contributed by atoms with van der Waals surface area (Å²) in [5.74, 6) is 0.569. The maximum atomic E-state index is 13.7. The van der Waals surface area contributed by atoms with E-state index in [1.807, 2.05) is 11.8 Å². The van der Waals surface area contributed by atoms with Crippen LogP contribution in [0.4, 0.5) is 16.2 Å². The van der Waals surface area contributed by atoms with Gasteiger partial charge in [-0.3, -0.25) is 0 Å². The monoisotopic (exact) mass is 238 g/mol. The summed E-state index contributed by atoms with van der Waals surface area (Å²) in [5.41, 5.74) is 0.232. The van der Waals surface area contributed by atoms with Gasteiger partial charge in [-0.05, 0) is 18.8 Å². The number of rotatable bonds is 3. The lowest BCUT2D eigenvalue weighted by Crippen LogP contribution is -2.25. The molecule has 2 rings (SSSR count). The molecular formula is C12H19FN4. The van der Waals surface area contributed by atoms with Gasteiger partial charge in [-0.1, -0.05) is 13.8 Å². The highest BCUT2D eigenvalue weighted by atomic mass is 19.1. The van der Waals surface area contributed by atoms with Crippen molar-refractivity contribution in [2.45, 2.75) is 27.2 Å². The van der Waals surface area contributed by atoms with E-state index in [2.05, 4.69) is 29.1 Å². The number of halogens is 1. The molecular weight excluding hydrogens is 219 g/mol. The third-order valence-electron chi connectivity index (χ3n) is 3.04. The number of hydrogen-bond donors (Lipinski definition) is 1. The van der Waals surface area contributed by atoms with Gasteiger partial charge in [0.15, 0.2) is 11.6 Å². The molecule has 94 valence electrons. The van der Waals surface area contributed by atoms with E-state index < -0.39 is 0 Å². The molecule has 1 saturated heterocycles. The molecule has 1 N–H and O–H groups in total. The zero-order chi connectivity index (χ0) is 12.5. The fourth-order valence-corrected chi connectivity index (χ4v) is 2.12. The molecule has 0 atom stereocenters. The summed E-state index contributed by atoms with van der Waals surface area (Å²) in [6, 6.07) is 0. The van der Waals surface area contributed by atoms with Gasteiger partial charge in [0, 0.05) is 19.6 Å². The van der Waals surface area contributed by atoms with Gasteiger partial charge in [0.05, 0.1) is 6.20 Å². The number of anilines is 2. The predicted octanol–water partition coefficient (Wildman–Crippen LogP) is 2.28. The molecule has 1 aromatic rings. The largest absolute Gasteiger partial charge is 0.354 e. The van der Waals surface area contributed by atoms with E-state index in [1.165, 1.54) is 6.20 Å². The predicted molar refractivity (Wildman–Crippen MR) is 66.8 cm³/mol. The highest BCUT2D eigenvalue weighted by Crippen LogP contribution is 2.32. The quantitative estimate of drug-likeness (QED) is 0.877. The SMILES string of the molecule is CCNc1ncc(F)c(N2CCC(C)(C)C2)n1. The van der Waals surface area contributed by atoms with Crippen LogP contribution in [0.25, 0.3) is 0 Å². The van der Waals surface area contributed by atoms with Gasteiger partial charge in [0.25, 0.3) is 0 Å². The summed E-state index contributed by atoms with van der Waals surface area (Å²) >= 11 is 0. The minimum atomic E-state index is -0.343. The Hall–Kier alpha value is -1.39. The van der Waals surface area contributed by atoms with Crippen LogP contribution in [0.5, 0.6) is 0 Å². The van der Waals surface area contributed by atoms with E-state index in [0.717, 1.165) is 26.1 Å². The fraction of sp³-hybridized carbons (Fsp3) is 0.667. The molecule has 0 saturated carbocycles. The van der Waals surface area contributed by atoms with Crippen molar-refractivity contribution in [2.24, 2.45) is 5.41 Å². The molecule has 2 heterocycles. The first-order valence-corrected chi connectivity index (χ1v) is 6.03. The van der Waals surface area contributed by atoms with Crippen LogP contribution in [-0.2, 0) is 0 Å². The highest BCUT2D eigenvalue weighted by Gasteiger charge is 2.31. The zero-order valence-electron chi connectivity index (χ0n) is 10.6. The molecule has 0 radical (unpaired) electrons. The summed E-state index contributed by atoms with van der Waals surface area (Å²) in [6.07, 6.45) is 2.30. The maximum Gasteiger partial charge on any atom is 0.224 e. The van der Waals surface area contributed by atoms with Gasteiger partial charge in [-0.15, -0.1) is 0 Å². The number of nitrogens with one attached hydrogen (secondary N) is 1. The molecule has 0 aliphatic carbocycles. The molecule has 0 unspecified atom stereocenters.